The van der Waals surface area contributed by atoms with Gasteiger partial charge < -0.3 is 24.5 Å². The summed E-state index contributed by atoms with van der Waals surface area (Å²) in [6.45, 7) is 2.60. The molecule has 1 aliphatic heterocycles. The number of furan rings is 1. The molecule has 0 bridgehead atoms. The van der Waals surface area contributed by atoms with Crippen molar-refractivity contribution in [2.24, 2.45) is 0 Å². The van der Waals surface area contributed by atoms with Crippen LogP contribution in [0.5, 0.6) is 11.5 Å². The Hall–Kier alpha value is -2.67. The molecule has 0 radical (unpaired) electrons. The molecule has 3 rings (SSSR count). The second kappa shape index (κ2) is 7.48. The molecule has 2 unspecified atom stereocenters. The molecule has 2 heterocycles. The fourth-order valence-corrected chi connectivity index (χ4v) is 2.72. The van der Waals surface area contributed by atoms with Crippen molar-refractivity contribution in [1.29, 1.82) is 0 Å². The Morgan fingerprint density at radius 2 is 2.04 bits per heavy atom. The fraction of sp³-hybridized carbons (Fsp3) is 0.389. The summed E-state index contributed by atoms with van der Waals surface area (Å²) in [6.07, 6.45) is 1.63. The molecule has 0 saturated carbocycles. The van der Waals surface area contributed by atoms with Gasteiger partial charge in [0.15, 0.2) is 11.5 Å². The minimum Gasteiger partial charge on any atom is -0.468 e. The van der Waals surface area contributed by atoms with Crippen molar-refractivity contribution in [2.45, 2.75) is 19.0 Å². The topological polar surface area (TPSA) is 76.0 Å². The Morgan fingerprint density at radius 1 is 1.24 bits per heavy atom. The van der Waals surface area contributed by atoms with E-state index in [2.05, 4.69) is 10.6 Å². The second-order valence-electron chi connectivity index (χ2n) is 6.18. The number of carbonyl (C=O) groups is 1. The lowest BCUT2D eigenvalue weighted by Gasteiger charge is -2.23. The predicted molar refractivity (Wildman–Crippen MR) is 92.7 cm³/mol. The standard InChI is InChI=1S/C18H23N3O4/c1-12(13-6-7-16-17(9-13)25-11-24-16)20-18(22)19-10-14(21(2)3)15-5-4-8-23-15/h4-9,12,14H,10-11H2,1-3H3,(H2,19,20,22). The van der Waals surface area contributed by atoms with Crippen LogP contribution in [0.3, 0.4) is 0 Å². The maximum absolute atomic E-state index is 12.2. The number of likely N-dealkylation sites (N-methyl/N-ethyl adjacent to an activating group) is 1. The highest BCUT2D eigenvalue weighted by atomic mass is 16.7. The maximum atomic E-state index is 12.2. The summed E-state index contributed by atoms with van der Waals surface area (Å²) < 4.78 is 16.1. The highest BCUT2D eigenvalue weighted by molar-refractivity contribution is 5.74. The number of carbonyl (C=O) groups excluding carboxylic acids is 1. The third-order valence-corrected chi connectivity index (χ3v) is 4.20. The van der Waals surface area contributed by atoms with Crippen molar-refractivity contribution >= 4 is 6.03 Å². The van der Waals surface area contributed by atoms with Gasteiger partial charge in [-0.25, -0.2) is 4.79 Å². The summed E-state index contributed by atoms with van der Waals surface area (Å²) in [4.78, 5) is 14.2. The predicted octanol–water partition coefficient (Wildman–Crippen LogP) is 2.67. The van der Waals surface area contributed by atoms with Crippen LogP contribution in [0.1, 0.15) is 30.3 Å². The number of ether oxygens (including phenoxy) is 2. The van der Waals surface area contributed by atoms with Crippen molar-refractivity contribution < 1.29 is 18.7 Å². The molecule has 2 atom stereocenters. The highest BCUT2D eigenvalue weighted by Crippen LogP contribution is 2.34. The van der Waals surface area contributed by atoms with Gasteiger partial charge in [-0.2, -0.15) is 0 Å². The lowest BCUT2D eigenvalue weighted by Crippen LogP contribution is -2.41. The van der Waals surface area contributed by atoms with Gasteiger partial charge >= 0.3 is 6.03 Å². The first-order chi connectivity index (χ1) is 12.0. The zero-order chi connectivity index (χ0) is 17.8. The molecule has 0 fully saturated rings. The van der Waals surface area contributed by atoms with Gasteiger partial charge in [-0.1, -0.05) is 6.07 Å². The van der Waals surface area contributed by atoms with E-state index in [0.717, 1.165) is 17.1 Å². The highest BCUT2D eigenvalue weighted by Gasteiger charge is 2.19. The number of benzene rings is 1. The average molecular weight is 345 g/mol. The van der Waals surface area contributed by atoms with Crippen LogP contribution >= 0.6 is 0 Å². The molecule has 2 aromatic rings. The van der Waals surface area contributed by atoms with Crippen LogP contribution in [0.25, 0.3) is 0 Å². The molecule has 1 aromatic heterocycles. The van der Waals surface area contributed by atoms with E-state index < -0.39 is 0 Å². The van der Waals surface area contributed by atoms with Crippen LogP contribution < -0.4 is 20.1 Å². The molecule has 0 spiro atoms. The summed E-state index contributed by atoms with van der Waals surface area (Å²) >= 11 is 0. The molecule has 7 nitrogen and oxygen atoms in total. The molecule has 1 aliphatic rings. The molecule has 1 aromatic carbocycles. The zero-order valence-corrected chi connectivity index (χ0v) is 14.6. The van der Waals surface area contributed by atoms with E-state index in [1.807, 2.05) is 56.3 Å². The SMILES string of the molecule is CC(NC(=O)NCC(c1ccco1)N(C)C)c1ccc2c(c1)OCO2. The average Bonchev–Trinajstić information content (AvgIpc) is 3.25. The van der Waals surface area contributed by atoms with Crippen molar-refractivity contribution in [2.75, 3.05) is 27.4 Å². The summed E-state index contributed by atoms with van der Waals surface area (Å²) in [5, 5.41) is 5.83. The number of amides is 2. The van der Waals surface area contributed by atoms with Gasteiger partial charge in [0.1, 0.15) is 5.76 Å². The fourth-order valence-electron chi connectivity index (χ4n) is 2.72. The lowest BCUT2D eigenvalue weighted by atomic mass is 10.1. The maximum Gasteiger partial charge on any atom is 0.315 e. The van der Waals surface area contributed by atoms with E-state index in [1.54, 1.807) is 6.26 Å². The Morgan fingerprint density at radius 3 is 2.76 bits per heavy atom. The van der Waals surface area contributed by atoms with Crippen molar-refractivity contribution in [3.8, 4) is 11.5 Å². The number of urea groups is 1. The van der Waals surface area contributed by atoms with E-state index in [9.17, 15) is 4.79 Å². The second-order valence-corrected chi connectivity index (χ2v) is 6.18. The third-order valence-electron chi connectivity index (χ3n) is 4.20. The molecule has 2 amide bonds. The molecule has 2 N–H and O–H groups in total. The Labute approximate surface area is 146 Å². The molecule has 134 valence electrons. The molecule has 25 heavy (non-hydrogen) atoms. The van der Waals surface area contributed by atoms with Gasteiger partial charge in [0, 0.05) is 6.54 Å². The van der Waals surface area contributed by atoms with Crippen LogP contribution in [0, 0.1) is 0 Å². The number of fused-ring (bicyclic) bond motifs is 1. The largest absolute Gasteiger partial charge is 0.468 e. The van der Waals surface area contributed by atoms with Crippen LogP contribution in [-0.4, -0.2) is 38.4 Å². The van der Waals surface area contributed by atoms with Gasteiger partial charge in [0.05, 0.1) is 18.3 Å². The number of hydrogen-bond acceptors (Lipinski definition) is 5. The van der Waals surface area contributed by atoms with E-state index in [4.69, 9.17) is 13.9 Å². The van der Waals surface area contributed by atoms with Gasteiger partial charge in [-0.05, 0) is 50.8 Å². The molecule has 7 heteroatoms. The zero-order valence-electron chi connectivity index (χ0n) is 14.6. The monoisotopic (exact) mass is 345 g/mol. The minimum atomic E-state index is -0.233. The van der Waals surface area contributed by atoms with E-state index >= 15 is 0 Å². The number of rotatable bonds is 6. The van der Waals surface area contributed by atoms with Crippen LogP contribution in [0.2, 0.25) is 0 Å². The smallest absolute Gasteiger partial charge is 0.315 e. The molecular formula is C18H23N3O4. The lowest BCUT2D eigenvalue weighted by molar-refractivity contribution is 0.174. The first kappa shape index (κ1) is 17.2. The van der Waals surface area contributed by atoms with Gasteiger partial charge in [-0.15, -0.1) is 0 Å². The minimum absolute atomic E-state index is 0.0263. The van der Waals surface area contributed by atoms with Crippen molar-refractivity contribution in [3.05, 3.63) is 47.9 Å². The van der Waals surface area contributed by atoms with Gasteiger partial charge in [-0.3, -0.25) is 4.90 Å². The van der Waals surface area contributed by atoms with Crippen molar-refractivity contribution in [3.63, 3.8) is 0 Å². The van der Waals surface area contributed by atoms with Crippen LogP contribution in [-0.2, 0) is 0 Å². The van der Waals surface area contributed by atoms with Crippen LogP contribution in [0.4, 0.5) is 4.79 Å². The number of nitrogens with one attached hydrogen (secondary N) is 2. The van der Waals surface area contributed by atoms with E-state index in [1.165, 1.54) is 0 Å². The van der Waals surface area contributed by atoms with Gasteiger partial charge in [0.2, 0.25) is 6.79 Å². The van der Waals surface area contributed by atoms with E-state index in [-0.39, 0.29) is 24.9 Å². The van der Waals surface area contributed by atoms with Crippen molar-refractivity contribution in [1.82, 2.24) is 15.5 Å². The van der Waals surface area contributed by atoms with E-state index in [0.29, 0.717) is 12.3 Å². The van der Waals surface area contributed by atoms with Crippen LogP contribution in [0.15, 0.2) is 41.0 Å². The Kier molecular flexibility index (Phi) is 5.14. The normalized spacial score (nSPS) is 15.0. The number of nitrogens with zero attached hydrogens (tertiary/aromatic N) is 1. The summed E-state index contributed by atoms with van der Waals surface area (Å²) in [5.41, 5.74) is 0.953. The first-order valence-corrected chi connectivity index (χ1v) is 8.18. The Bertz CT molecular complexity index is 715. The summed E-state index contributed by atoms with van der Waals surface area (Å²) in [6, 6.07) is 8.99. The summed E-state index contributed by atoms with van der Waals surface area (Å²) in [5.74, 6) is 2.25. The first-order valence-electron chi connectivity index (χ1n) is 8.18. The molecule has 0 aliphatic carbocycles. The molecule has 0 saturated heterocycles. The Balaban J connectivity index is 1.55. The number of hydrogen-bond donors (Lipinski definition) is 2. The molecular weight excluding hydrogens is 322 g/mol. The quantitative estimate of drug-likeness (QED) is 0.842. The third kappa shape index (κ3) is 4.06. The summed E-state index contributed by atoms with van der Waals surface area (Å²) in [7, 11) is 3.89. The van der Waals surface area contributed by atoms with Gasteiger partial charge in [0.25, 0.3) is 0 Å².